The minimum absolute atomic E-state index is 0.0770. The largest absolute Gasteiger partial charge is 0.493 e. The van der Waals surface area contributed by atoms with E-state index in [-0.39, 0.29) is 11.8 Å². The van der Waals surface area contributed by atoms with Gasteiger partial charge in [-0.1, -0.05) is 0 Å². The van der Waals surface area contributed by atoms with Crippen LogP contribution in [0.4, 0.5) is 5.69 Å². The van der Waals surface area contributed by atoms with E-state index < -0.39 is 0 Å². The van der Waals surface area contributed by atoms with Crippen molar-refractivity contribution in [1.29, 1.82) is 0 Å². The van der Waals surface area contributed by atoms with Crippen LogP contribution < -0.4 is 15.4 Å². The number of nitrogens with one attached hydrogen (secondary N) is 2. The highest BCUT2D eigenvalue weighted by atomic mass is 16.5. The Labute approximate surface area is 137 Å². The molecule has 5 nitrogen and oxygen atoms in total. The van der Waals surface area contributed by atoms with Crippen LogP contribution >= 0.6 is 0 Å². The Morgan fingerprint density at radius 2 is 2.00 bits per heavy atom. The van der Waals surface area contributed by atoms with Gasteiger partial charge < -0.3 is 20.1 Å². The van der Waals surface area contributed by atoms with Crippen LogP contribution in [0.15, 0.2) is 24.3 Å². The number of carbonyl (C=O) groups excluding carboxylic acids is 1. The molecule has 1 unspecified atom stereocenters. The molecule has 1 aromatic rings. The maximum Gasteiger partial charge on any atom is 0.228 e. The second-order valence-corrected chi connectivity index (χ2v) is 6.42. The maximum atomic E-state index is 12.2. The maximum absolute atomic E-state index is 12.2. The first-order valence-electron chi connectivity index (χ1n) is 8.63. The topological polar surface area (TPSA) is 59.6 Å². The van der Waals surface area contributed by atoms with Crippen LogP contribution in [0.25, 0.3) is 0 Å². The van der Waals surface area contributed by atoms with E-state index in [4.69, 9.17) is 9.47 Å². The second-order valence-electron chi connectivity index (χ2n) is 6.42. The Bertz CT molecular complexity index is 491. The summed E-state index contributed by atoms with van der Waals surface area (Å²) >= 11 is 0. The molecule has 2 aliphatic rings. The van der Waals surface area contributed by atoms with Crippen LogP contribution in [0.3, 0.4) is 0 Å². The van der Waals surface area contributed by atoms with Crippen molar-refractivity contribution in [3.05, 3.63) is 24.3 Å². The summed E-state index contributed by atoms with van der Waals surface area (Å²) in [5, 5.41) is 6.26. The first kappa shape index (κ1) is 16.3. The molecule has 3 rings (SSSR count). The van der Waals surface area contributed by atoms with E-state index in [2.05, 4.69) is 10.6 Å². The van der Waals surface area contributed by atoms with Crippen LogP contribution in [0.2, 0.25) is 0 Å². The third-order valence-corrected chi connectivity index (χ3v) is 4.62. The average molecular weight is 318 g/mol. The van der Waals surface area contributed by atoms with Crippen molar-refractivity contribution in [3.63, 3.8) is 0 Å². The monoisotopic (exact) mass is 318 g/mol. The summed E-state index contributed by atoms with van der Waals surface area (Å²) in [6.07, 6.45) is 4.18. The first-order chi connectivity index (χ1) is 11.3. The van der Waals surface area contributed by atoms with Crippen molar-refractivity contribution in [2.24, 2.45) is 11.8 Å². The molecule has 126 valence electrons. The van der Waals surface area contributed by atoms with Gasteiger partial charge in [-0.05, 0) is 62.4 Å². The summed E-state index contributed by atoms with van der Waals surface area (Å²) in [7, 11) is 0. The van der Waals surface area contributed by atoms with Gasteiger partial charge in [0.15, 0.2) is 0 Å². The highest BCUT2D eigenvalue weighted by Crippen LogP contribution is 2.20. The van der Waals surface area contributed by atoms with E-state index in [1.54, 1.807) is 0 Å². The summed E-state index contributed by atoms with van der Waals surface area (Å²) in [5.74, 6) is 1.62. The molecule has 0 saturated carbocycles. The molecule has 0 aliphatic carbocycles. The number of hydrogen-bond donors (Lipinski definition) is 2. The fourth-order valence-corrected chi connectivity index (χ4v) is 3.08. The SMILES string of the molecule is O=C(Nc1ccc(OCC2CCOCC2)cc1)C1CCCNC1. The van der Waals surface area contributed by atoms with Gasteiger partial charge in [0.25, 0.3) is 0 Å². The number of rotatable bonds is 5. The lowest BCUT2D eigenvalue weighted by Crippen LogP contribution is -2.37. The standard InChI is InChI=1S/C18H26N2O3/c21-18(15-2-1-9-19-12-15)20-16-3-5-17(6-4-16)23-13-14-7-10-22-11-8-14/h3-6,14-15,19H,1-2,7-13H2,(H,20,21). The third kappa shape index (κ3) is 4.94. The zero-order valence-electron chi connectivity index (χ0n) is 13.6. The molecule has 0 radical (unpaired) electrons. The Kier molecular flexibility index (Phi) is 5.88. The van der Waals surface area contributed by atoms with Gasteiger partial charge in [0.2, 0.25) is 5.91 Å². The van der Waals surface area contributed by atoms with Crippen molar-refractivity contribution < 1.29 is 14.3 Å². The summed E-state index contributed by atoms with van der Waals surface area (Å²) in [5.41, 5.74) is 0.832. The molecular weight excluding hydrogens is 292 g/mol. The Morgan fingerprint density at radius 3 is 2.70 bits per heavy atom. The number of anilines is 1. The fraction of sp³-hybridized carbons (Fsp3) is 0.611. The van der Waals surface area contributed by atoms with Gasteiger partial charge in [-0.15, -0.1) is 0 Å². The van der Waals surface area contributed by atoms with Crippen LogP contribution in [-0.4, -0.2) is 38.8 Å². The first-order valence-corrected chi connectivity index (χ1v) is 8.63. The molecule has 5 heteroatoms. The minimum Gasteiger partial charge on any atom is -0.493 e. The van der Waals surface area contributed by atoms with Crippen molar-refractivity contribution in [2.45, 2.75) is 25.7 Å². The van der Waals surface area contributed by atoms with Gasteiger partial charge in [0, 0.05) is 25.4 Å². The summed E-state index contributed by atoms with van der Waals surface area (Å²) in [6.45, 7) is 4.22. The van der Waals surface area contributed by atoms with Crippen molar-refractivity contribution in [3.8, 4) is 5.75 Å². The van der Waals surface area contributed by atoms with E-state index >= 15 is 0 Å². The lowest BCUT2D eigenvalue weighted by Gasteiger charge is -2.22. The Hall–Kier alpha value is -1.59. The summed E-state index contributed by atoms with van der Waals surface area (Å²) < 4.78 is 11.2. The predicted molar refractivity (Wildman–Crippen MR) is 89.7 cm³/mol. The van der Waals surface area contributed by atoms with E-state index in [0.29, 0.717) is 5.92 Å². The zero-order valence-corrected chi connectivity index (χ0v) is 13.6. The predicted octanol–water partition coefficient (Wildman–Crippen LogP) is 2.43. The highest BCUT2D eigenvalue weighted by molar-refractivity contribution is 5.92. The molecule has 2 fully saturated rings. The van der Waals surface area contributed by atoms with E-state index in [0.717, 1.165) is 70.0 Å². The summed E-state index contributed by atoms with van der Waals surface area (Å²) in [6, 6.07) is 7.67. The van der Waals surface area contributed by atoms with Gasteiger partial charge >= 0.3 is 0 Å². The van der Waals surface area contributed by atoms with Crippen molar-refractivity contribution in [2.75, 3.05) is 38.2 Å². The normalized spacial score (nSPS) is 22.5. The number of piperidine rings is 1. The number of hydrogen-bond acceptors (Lipinski definition) is 4. The number of amides is 1. The third-order valence-electron chi connectivity index (χ3n) is 4.62. The Morgan fingerprint density at radius 1 is 1.22 bits per heavy atom. The van der Waals surface area contributed by atoms with Crippen molar-refractivity contribution in [1.82, 2.24) is 5.32 Å². The lowest BCUT2D eigenvalue weighted by molar-refractivity contribution is -0.120. The average Bonchev–Trinajstić information content (AvgIpc) is 2.63. The van der Waals surface area contributed by atoms with E-state index in [1.807, 2.05) is 24.3 Å². The molecule has 1 atom stereocenters. The lowest BCUT2D eigenvalue weighted by atomic mass is 9.99. The molecular formula is C18H26N2O3. The molecule has 2 saturated heterocycles. The molecule has 1 aromatic carbocycles. The number of benzene rings is 1. The summed E-state index contributed by atoms with van der Waals surface area (Å²) in [4.78, 5) is 12.2. The van der Waals surface area contributed by atoms with Gasteiger partial charge in [-0.3, -0.25) is 4.79 Å². The number of ether oxygens (including phenoxy) is 2. The fourth-order valence-electron chi connectivity index (χ4n) is 3.08. The van der Waals surface area contributed by atoms with Crippen LogP contribution in [0, 0.1) is 11.8 Å². The van der Waals surface area contributed by atoms with Crippen molar-refractivity contribution >= 4 is 11.6 Å². The van der Waals surface area contributed by atoms with Crippen LogP contribution in [-0.2, 0) is 9.53 Å². The molecule has 2 aliphatic heterocycles. The van der Waals surface area contributed by atoms with Gasteiger partial charge in [-0.25, -0.2) is 0 Å². The zero-order chi connectivity index (χ0) is 15.9. The van der Waals surface area contributed by atoms with Gasteiger partial charge in [0.1, 0.15) is 5.75 Å². The molecule has 23 heavy (non-hydrogen) atoms. The Balaban J connectivity index is 1.45. The molecule has 0 spiro atoms. The molecule has 0 aromatic heterocycles. The molecule has 0 bridgehead atoms. The smallest absolute Gasteiger partial charge is 0.228 e. The molecule has 2 N–H and O–H groups in total. The van der Waals surface area contributed by atoms with E-state index in [9.17, 15) is 4.79 Å². The highest BCUT2D eigenvalue weighted by Gasteiger charge is 2.20. The number of carbonyl (C=O) groups is 1. The van der Waals surface area contributed by atoms with Gasteiger partial charge in [0.05, 0.1) is 12.5 Å². The second kappa shape index (κ2) is 8.31. The van der Waals surface area contributed by atoms with E-state index in [1.165, 1.54) is 0 Å². The molecule has 2 heterocycles. The quantitative estimate of drug-likeness (QED) is 0.875. The van der Waals surface area contributed by atoms with Crippen LogP contribution in [0.1, 0.15) is 25.7 Å². The minimum atomic E-state index is 0.0770. The van der Waals surface area contributed by atoms with Gasteiger partial charge in [-0.2, -0.15) is 0 Å². The molecule has 1 amide bonds. The van der Waals surface area contributed by atoms with Crippen LogP contribution in [0.5, 0.6) is 5.75 Å².